The molecular formula is C31H34IN7O5. The molecule has 230 valence electrons. The van der Waals surface area contributed by atoms with E-state index >= 15 is 0 Å². The van der Waals surface area contributed by atoms with Crippen molar-refractivity contribution in [1.82, 2.24) is 34.9 Å². The molecule has 2 saturated heterocycles. The Bertz CT molecular complexity index is 1590. The molecule has 0 N–H and O–H groups in total. The number of carbonyl (C=O) groups is 3. The first kappa shape index (κ1) is 31.3. The van der Waals surface area contributed by atoms with E-state index in [9.17, 15) is 14.4 Å². The fraction of sp³-hybridized carbons (Fsp3) is 0.387. The van der Waals surface area contributed by atoms with Gasteiger partial charge in [-0.05, 0) is 84.5 Å². The minimum atomic E-state index is -0.464. The molecule has 2 fully saturated rings. The molecule has 12 nitrogen and oxygen atoms in total. The summed E-state index contributed by atoms with van der Waals surface area (Å²) in [6, 6.07) is 16.6. The molecule has 2 atom stereocenters. The number of fused-ring (bicyclic) bond motifs is 1. The lowest BCUT2D eigenvalue weighted by Crippen LogP contribution is -2.28. The Hall–Kier alpha value is -4.14. The second-order valence-electron chi connectivity index (χ2n) is 10.5. The molecular weight excluding hydrogens is 677 g/mol. The van der Waals surface area contributed by atoms with Crippen molar-refractivity contribution >= 4 is 40.4 Å². The predicted molar refractivity (Wildman–Crippen MR) is 168 cm³/mol. The number of hydrogen-bond donors (Lipinski definition) is 0. The number of carbonyl (C=O) groups excluding carboxylic acids is 3. The van der Waals surface area contributed by atoms with Gasteiger partial charge in [0.05, 0.1) is 44.6 Å². The Labute approximate surface area is 268 Å². The maximum Gasteiger partial charge on any atom is 0.360 e. The summed E-state index contributed by atoms with van der Waals surface area (Å²) < 4.78 is 14.2. The Balaban J connectivity index is 0.000000187. The van der Waals surface area contributed by atoms with Crippen LogP contribution in [0.2, 0.25) is 0 Å². The van der Waals surface area contributed by atoms with Crippen LogP contribution in [0.1, 0.15) is 76.7 Å². The Morgan fingerprint density at radius 2 is 1.36 bits per heavy atom. The van der Waals surface area contributed by atoms with Gasteiger partial charge in [-0.1, -0.05) is 46.8 Å². The molecule has 0 spiro atoms. The van der Waals surface area contributed by atoms with Crippen molar-refractivity contribution in [3.8, 4) is 0 Å². The first-order valence-corrected chi connectivity index (χ1v) is 15.7. The average Bonchev–Trinajstić information content (AvgIpc) is 3.83. The number of ether oxygens (including phenoxy) is 2. The minimum Gasteiger partial charge on any atom is -0.461 e. The van der Waals surface area contributed by atoms with E-state index in [2.05, 4.69) is 43.2 Å². The summed E-state index contributed by atoms with van der Waals surface area (Å²) in [6.45, 7) is 6.17. The lowest BCUT2D eigenvalue weighted by Gasteiger charge is -2.14. The molecule has 44 heavy (non-hydrogen) atoms. The highest BCUT2D eigenvalue weighted by Gasteiger charge is 2.42. The van der Waals surface area contributed by atoms with Crippen LogP contribution in [0.4, 0.5) is 0 Å². The Kier molecular flexibility index (Phi) is 10.4. The van der Waals surface area contributed by atoms with Crippen LogP contribution < -0.4 is 0 Å². The molecule has 2 aromatic carbocycles. The fourth-order valence-corrected chi connectivity index (χ4v) is 5.75. The molecule has 0 saturated carbocycles. The summed E-state index contributed by atoms with van der Waals surface area (Å²) >= 11 is 2.25. The van der Waals surface area contributed by atoms with Crippen LogP contribution in [0.25, 0.3) is 0 Å². The van der Waals surface area contributed by atoms with Gasteiger partial charge in [-0.25, -0.2) is 19.0 Å². The smallest absolute Gasteiger partial charge is 0.360 e. The standard InChI is InChI=1S/C19H22N4O3.C12H12IN3O2/c1-2-26-19(25)17-12-22(21-20-17)11-13-5-7-14(8-6-13)16-10-15-4-3-9-23(15)18(16)24;1-2-18-12(17)11-8-16(15-14-11)7-9-3-5-10(13)6-4-9/h5-8,12,15-16H,2-4,9-11H2,1H3;3-6,8H,2,7H2,1H3. The van der Waals surface area contributed by atoms with Crippen LogP contribution in [0.5, 0.6) is 0 Å². The van der Waals surface area contributed by atoms with Gasteiger partial charge in [0.1, 0.15) is 0 Å². The van der Waals surface area contributed by atoms with E-state index in [4.69, 9.17) is 9.47 Å². The van der Waals surface area contributed by atoms with E-state index in [1.165, 1.54) is 3.57 Å². The largest absolute Gasteiger partial charge is 0.461 e. The van der Waals surface area contributed by atoms with Crippen molar-refractivity contribution in [1.29, 1.82) is 0 Å². The normalized spacial score (nSPS) is 17.2. The number of rotatable bonds is 9. The van der Waals surface area contributed by atoms with Crippen LogP contribution in [-0.2, 0) is 27.4 Å². The zero-order valence-electron chi connectivity index (χ0n) is 24.6. The summed E-state index contributed by atoms with van der Waals surface area (Å²) in [7, 11) is 0. The van der Waals surface area contributed by atoms with Gasteiger partial charge in [0.15, 0.2) is 11.4 Å². The SMILES string of the molecule is CCOC(=O)c1cn(Cc2ccc(C3CC4CCCN4C3=O)cc2)nn1.CCOC(=O)c1cn(Cc2ccc(I)cc2)nn1. The van der Waals surface area contributed by atoms with Gasteiger partial charge in [0, 0.05) is 16.2 Å². The number of hydrogen-bond acceptors (Lipinski definition) is 9. The predicted octanol–water partition coefficient (Wildman–Crippen LogP) is 4.09. The van der Waals surface area contributed by atoms with Crippen LogP contribution in [0.3, 0.4) is 0 Å². The summed E-state index contributed by atoms with van der Waals surface area (Å²) in [6.07, 6.45) is 6.38. The Morgan fingerprint density at radius 3 is 1.86 bits per heavy atom. The highest BCUT2D eigenvalue weighted by atomic mass is 127. The third-order valence-electron chi connectivity index (χ3n) is 7.50. The number of nitrogens with zero attached hydrogens (tertiary/aromatic N) is 7. The number of aromatic nitrogens is 6. The third-order valence-corrected chi connectivity index (χ3v) is 8.22. The molecule has 0 aliphatic carbocycles. The lowest BCUT2D eigenvalue weighted by molar-refractivity contribution is -0.129. The van der Waals surface area contributed by atoms with E-state index in [0.29, 0.717) is 32.3 Å². The molecule has 0 radical (unpaired) electrons. The zero-order valence-corrected chi connectivity index (χ0v) is 26.8. The third kappa shape index (κ3) is 7.68. The highest BCUT2D eigenvalue weighted by Crippen LogP contribution is 2.38. The summed E-state index contributed by atoms with van der Waals surface area (Å²) in [5.41, 5.74) is 3.68. The van der Waals surface area contributed by atoms with Crippen LogP contribution in [0, 0.1) is 3.57 Å². The van der Waals surface area contributed by atoms with Gasteiger partial charge in [0.2, 0.25) is 5.91 Å². The number of benzene rings is 2. The van der Waals surface area contributed by atoms with E-state index in [1.54, 1.807) is 35.6 Å². The van der Waals surface area contributed by atoms with Crippen molar-refractivity contribution in [3.05, 3.63) is 92.6 Å². The van der Waals surface area contributed by atoms with Crippen molar-refractivity contribution in [3.63, 3.8) is 0 Å². The molecule has 4 aromatic rings. The molecule has 2 unspecified atom stereocenters. The van der Waals surface area contributed by atoms with Gasteiger partial charge in [-0.15, -0.1) is 10.2 Å². The van der Waals surface area contributed by atoms with Gasteiger partial charge < -0.3 is 14.4 Å². The maximum atomic E-state index is 12.5. The first-order valence-electron chi connectivity index (χ1n) is 14.6. The molecule has 2 aromatic heterocycles. The van der Waals surface area contributed by atoms with Crippen molar-refractivity contribution < 1.29 is 23.9 Å². The topological polar surface area (TPSA) is 134 Å². The maximum absolute atomic E-state index is 12.5. The van der Waals surface area contributed by atoms with Crippen LogP contribution in [-0.4, -0.2) is 78.5 Å². The average molecular weight is 712 g/mol. The van der Waals surface area contributed by atoms with Gasteiger partial charge in [-0.2, -0.15) is 0 Å². The van der Waals surface area contributed by atoms with E-state index < -0.39 is 11.9 Å². The molecule has 2 aliphatic rings. The van der Waals surface area contributed by atoms with Crippen molar-refractivity contribution in [2.75, 3.05) is 19.8 Å². The molecule has 6 rings (SSSR count). The quantitative estimate of drug-likeness (QED) is 0.186. The molecule has 13 heteroatoms. The number of esters is 2. The van der Waals surface area contributed by atoms with E-state index in [1.807, 2.05) is 53.4 Å². The van der Waals surface area contributed by atoms with Crippen LogP contribution >= 0.6 is 22.6 Å². The van der Waals surface area contributed by atoms with Crippen LogP contribution in [0.15, 0.2) is 60.9 Å². The minimum absolute atomic E-state index is 0.00358. The second-order valence-corrected chi connectivity index (χ2v) is 11.8. The molecule has 1 amide bonds. The Morgan fingerprint density at radius 1 is 0.841 bits per heavy atom. The zero-order chi connectivity index (χ0) is 31.1. The van der Waals surface area contributed by atoms with Crippen molar-refractivity contribution in [2.24, 2.45) is 0 Å². The summed E-state index contributed by atoms with van der Waals surface area (Å²) in [5.74, 6) is -0.632. The van der Waals surface area contributed by atoms with Crippen molar-refractivity contribution in [2.45, 2.75) is 58.2 Å². The second kappa shape index (κ2) is 14.6. The van der Waals surface area contributed by atoms with Gasteiger partial charge >= 0.3 is 11.9 Å². The lowest BCUT2D eigenvalue weighted by atomic mass is 9.94. The molecule has 4 heterocycles. The van der Waals surface area contributed by atoms with Gasteiger partial charge in [0.25, 0.3) is 0 Å². The highest BCUT2D eigenvalue weighted by molar-refractivity contribution is 14.1. The molecule has 0 bridgehead atoms. The van der Waals surface area contributed by atoms with Gasteiger partial charge in [-0.3, -0.25) is 4.79 Å². The number of halogens is 1. The molecule has 2 aliphatic heterocycles. The fourth-order valence-electron chi connectivity index (χ4n) is 5.39. The number of amides is 1. The monoisotopic (exact) mass is 711 g/mol. The summed E-state index contributed by atoms with van der Waals surface area (Å²) in [4.78, 5) is 37.6. The first-order chi connectivity index (χ1) is 21.3. The van der Waals surface area contributed by atoms with E-state index in [-0.39, 0.29) is 23.2 Å². The van der Waals surface area contributed by atoms with E-state index in [0.717, 1.165) is 42.5 Å². The summed E-state index contributed by atoms with van der Waals surface area (Å²) in [5, 5.41) is 15.5.